The van der Waals surface area contributed by atoms with Crippen LogP contribution in [0.2, 0.25) is 0 Å². The summed E-state index contributed by atoms with van der Waals surface area (Å²) in [4.78, 5) is 5.08. The molecule has 0 unspecified atom stereocenters. The van der Waals surface area contributed by atoms with Crippen molar-refractivity contribution in [2.75, 3.05) is 9.80 Å². The third kappa shape index (κ3) is 10.9. The number of hydrogen-bond acceptors (Lipinski definition) is 2. The molecular weight excluding hydrogens is 965 g/mol. The Balaban J connectivity index is 1.05. The van der Waals surface area contributed by atoms with Crippen LogP contribution in [-0.4, -0.2) is 0 Å². The van der Waals surface area contributed by atoms with E-state index < -0.39 is 0 Å². The molecule has 80 heavy (non-hydrogen) atoms. The molecule has 0 spiro atoms. The second-order valence-corrected chi connectivity index (χ2v) is 22.4. The van der Waals surface area contributed by atoms with E-state index in [0.29, 0.717) is 0 Å². The Morgan fingerprint density at radius 1 is 0.275 bits per heavy atom. The van der Waals surface area contributed by atoms with Crippen LogP contribution in [0.25, 0.3) is 79.5 Å². The van der Waals surface area contributed by atoms with Gasteiger partial charge in [0, 0.05) is 44.3 Å². The first-order valence-corrected chi connectivity index (χ1v) is 29.1. The van der Waals surface area contributed by atoms with E-state index in [2.05, 4.69) is 278 Å². The number of nitrogens with zero attached hydrogens (tertiary/aromatic N) is 2. The molecule has 0 saturated heterocycles. The highest BCUT2D eigenvalue weighted by Gasteiger charge is 2.27. The first kappa shape index (κ1) is 50.5. The van der Waals surface area contributed by atoms with E-state index >= 15 is 0 Å². The fourth-order valence-corrected chi connectivity index (χ4v) is 12.3. The highest BCUT2D eigenvalue weighted by molar-refractivity contribution is 6.27. The number of anilines is 6. The van der Waals surface area contributed by atoms with E-state index in [-0.39, 0.29) is 0 Å². The highest BCUT2D eigenvalue weighted by Crippen LogP contribution is 2.53. The van der Waals surface area contributed by atoms with Crippen molar-refractivity contribution in [2.24, 2.45) is 0 Å². The zero-order valence-electron chi connectivity index (χ0n) is 46.2. The van der Waals surface area contributed by atoms with E-state index in [0.717, 1.165) is 45.3 Å². The maximum Gasteiger partial charge on any atom is 0.0620 e. The molecule has 0 atom stereocenters. The predicted molar refractivity (Wildman–Crippen MR) is 348 cm³/mol. The van der Waals surface area contributed by atoms with Gasteiger partial charge < -0.3 is 9.80 Å². The molecular formula is C78H68N2. The summed E-state index contributed by atoms with van der Waals surface area (Å²) in [6, 6.07) is 82.2. The maximum atomic E-state index is 2.54. The molecule has 11 aromatic rings. The van der Waals surface area contributed by atoms with Crippen molar-refractivity contribution in [1.29, 1.82) is 0 Å². The molecule has 2 nitrogen and oxygen atoms in total. The summed E-state index contributed by atoms with van der Waals surface area (Å²) in [6.45, 7) is 4.28. The van der Waals surface area contributed by atoms with Crippen LogP contribution in [0, 0.1) is 13.8 Å². The molecule has 2 aliphatic carbocycles. The molecule has 390 valence electrons. The van der Waals surface area contributed by atoms with E-state index in [1.807, 2.05) is 0 Å². The van der Waals surface area contributed by atoms with Crippen LogP contribution < -0.4 is 9.80 Å². The zero-order chi connectivity index (χ0) is 53.8. The summed E-state index contributed by atoms with van der Waals surface area (Å²) < 4.78 is 0. The lowest BCUT2D eigenvalue weighted by molar-refractivity contribution is 0.602. The molecule has 0 heterocycles. The minimum atomic E-state index is 1.10. The summed E-state index contributed by atoms with van der Waals surface area (Å²) in [5.74, 6) is 0. The lowest BCUT2D eigenvalue weighted by atomic mass is 9.91. The van der Waals surface area contributed by atoms with Gasteiger partial charge in [0.15, 0.2) is 0 Å². The van der Waals surface area contributed by atoms with Crippen molar-refractivity contribution >= 4 is 114 Å². The van der Waals surface area contributed by atoms with Crippen LogP contribution >= 0.6 is 0 Å². The Kier molecular flexibility index (Phi) is 14.4. The normalized spacial score (nSPS) is 14.0. The fourth-order valence-electron chi connectivity index (χ4n) is 12.3. The molecule has 2 saturated carbocycles. The van der Waals surface area contributed by atoms with Crippen molar-refractivity contribution < 1.29 is 0 Å². The second-order valence-electron chi connectivity index (χ2n) is 22.4. The number of hydrogen-bond donors (Lipinski definition) is 0. The summed E-state index contributed by atoms with van der Waals surface area (Å²) >= 11 is 0. The molecule has 11 aromatic carbocycles. The maximum absolute atomic E-state index is 2.54. The number of benzene rings is 11. The van der Waals surface area contributed by atoms with Crippen molar-refractivity contribution in [1.82, 2.24) is 0 Å². The predicted octanol–water partition coefficient (Wildman–Crippen LogP) is 22.9. The molecule has 0 N–H and O–H groups in total. The first-order chi connectivity index (χ1) is 39.4. The van der Waals surface area contributed by atoms with Gasteiger partial charge >= 0.3 is 0 Å². The number of allylic oxidation sites excluding steroid dienone is 2. The van der Waals surface area contributed by atoms with Gasteiger partial charge in [-0.05, 0) is 193 Å². The molecule has 13 rings (SSSR count). The summed E-state index contributed by atoms with van der Waals surface area (Å²) in [5.41, 5.74) is 19.6. The molecule has 0 bridgehead atoms. The SMILES string of the molecule is Cc1ccc(/C=C/c2ccc(N(c3ccc(C=C4CCCCC4)cc3)c3c4cc5ccccc5cc4c(N(c4ccc(C=C5CCCCC5)cc4)c4ccc(/C=C/c5ccc(C)cc5)cc4)c4cc5ccccc5cc34)cc2)cc1. The average molecular weight is 1030 g/mol. The summed E-state index contributed by atoms with van der Waals surface area (Å²) in [7, 11) is 0. The topological polar surface area (TPSA) is 6.48 Å². The summed E-state index contributed by atoms with van der Waals surface area (Å²) in [6.07, 6.45) is 26.3. The fraction of sp³-hybridized carbons (Fsp3) is 0.154. The van der Waals surface area contributed by atoms with Gasteiger partial charge in [0.1, 0.15) is 0 Å². The Hall–Kier alpha value is -8.98. The van der Waals surface area contributed by atoms with Crippen molar-refractivity contribution in [3.8, 4) is 0 Å². The van der Waals surface area contributed by atoms with E-state index in [1.54, 1.807) is 11.1 Å². The molecule has 0 aliphatic heterocycles. The Labute approximate surface area is 473 Å². The smallest absolute Gasteiger partial charge is 0.0620 e. The van der Waals surface area contributed by atoms with Gasteiger partial charge in [0.05, 0.1) is 11.4 Å². The standard InChI is InChI=1S/C78H68N2/c1-55-21-25-57(26-22-55)29-31-59-33-41-69(42-34-59)79(71-45-37-63(38-46-71)49-61-13-5-3-6-14-61)77-73-51-65-17-9-11-19-67(65)53-75(73)78(76-54-68-20-12-10-18-66(68)52-74(76)77)80(72-47-39-64(40-48-72)50-62-15-7-4-8-16-62)70-43-35-60(36-44-70)32-30-58-27-23-56(2)24-28-58/h9-12,17-54H,3-8,13-16H2,1-2H3/b31-29+,32-30+. The van der Waals surface area contributed by atoms with Gasteiger partial charge in [0.2, 0.25) is 0 Å². The lowest BCUT2D eigenvalue weighted by Gasteiger charge is -2.33. The first-order valence-electron chi connectivity index (χ1n) is 29.1. The largest absolute Gasteiger partial charge is 0.309 e. The van der Waals surface area contributed by atoms with Crippen LogP contribution in [0.1, 0.15) is 109 Å². The van der Waals surface area contributed by atoms with Crippen molar-refractivity contribution in [2.45, 2.75) is 78.1 Å². The number of fused-ring (bicyclic) bond motifs is 4. The number of rotatable bonds is 12. The van der Waals surface area contributed by atoms with Crippen LogP contribution in [-0.2, 0) is 0 Å². The van der Waals surface area contributed by atoms with Crippen molar-refractivity contribution in [3.05, 3.63) is 274 Å². The van der Waals surface area contributed by atoms with Crippen LogP contribution in [0.3, 0.4) is 0 Å². The Morgan fingerprint density at radius 3 is 0.800 bits per heavy atom. The van der Waals surface area contributed by atoms with Gasteiger partial charge in [-0.25, -0.2) is 0 Å². The zero-order valence-corrected chi connectivity index (χ0v) is 46.2. The Morgan fingerprint density at radius 2 is 0.525 bits per heavy atom. The van der Waals surface area contributed by atoms with Crippen LogP contribution in [0.4, 0.5) is 34.1 Å². The molecule has 2 heteroatoms. The quantitative estimate of drug-likeness (QED) is 0.0684. The summed E-state index contributed by atoms with van der Waals surface area (Å²) in [5, 5.41) is 9.53. The van der Waals surface area contributed by atoms with Gasteiger partial charge in [-0.1, -0.05) is 217 Å². The van der Waals surface area contributed by atoms with Gasteiger partial charge in [-0.15, -0.1) is 0 Å². The molecule has 2 fully saturated rings. The van der Waals surface area contributed by atoms with Crippen LogP contribution in [0.5, 0.6) is 0 Å². The highest BCUT2D eigenvalue weighted by atomic mass is 15.2. The molecule has 2 aliphatic rings. The third-order valence-corrected chi connectivity index (χ3v) is 16.7. The van der Waals surface area contributed by atoms with Gasteiger partial charge in [0.25, 0.3) is 0 Å². The third-order valence-electron chi connectivity index (χ3n) is 16.7. The van der Waals surface area contributed by atoms with E-state index in [1.165, 1.54) is 141 Å². The van der Waals surface area contributed by atoms with Crippen molar-refractivity contribution in [3.63, 3.8) is 0 Å². The van der Waals surface area contributed by atoms with Crippen LogP contribution in [0.15, 0.2) is 230 Å². The van der Waals surface area contributed by atoms with E-state index in [9.17, 15) is 0 Å². The van der Waals surface area contributed by atoms with Gasteiger partial charge in [-0.3, -0.25) is 0 Å². The molecule has 0 radical (unpaired) electrons. The molecule has 0 aromatic heterocycles. The van der Waals surface area contributed by atoms with Gasteiger partial charge in [-0.2, -0.15) is 0 Å². The average Bonchev–Trinajstić information content (AvgIpc) is 3.31. The Bertz CT molecular complexity index is 3750. The lowest BCUT2D eigenvalue weighted by Crippen LogP contribution is -2.15. The number of aryl methyl sites for hydroxylation is 2. The minimum absolute atomic E-state index is 1.10. The molecule has 0 amide bonds. The second kappa shape index (κ2) is 22.8. The monoisotopic (exact) mass is 1030 g/mol. The minimum Gasteiger partial charge on any atom is -0.309 e. The van der Waals surface area contributed by atoms with E-state index in [4.69, 9.17) is 0 Å².